The first-order chi connectivity index (χ1) is 13.1. The normalized spacial score (nSPS) is 15.2. The third-order valence-corrected chi connectivity index (χ3v) is 5.77. The Labute approximate surface area is 165 Å². The molecule has 7 heteroatoms. The molecule has 0 bridgehead atoms. The molecule has 1 aliphatic rings. The Balaban J connectivity index is 1.66. The highest BCUT2D eigenvalue weighted by Gasteiger charge is 2.21. The van der Waals surface area contributed by atoms with Crippen LogP contribution in [0.4, 0.5) is 5.69 Å². The van der Waals surface area contributed by atoms with Crippen molar-refractivity contribution in [2.45, 2.75) is 27.3 Å². The Morgan fingerprint density at radius 3 is 2.59 bits per heavy atom. The van der Waals surface area contributed by atoms with E-state index in [4.69, 9.17) is 9.73 Å². The van der Waals surface area contributed by atoms with E-state index in [2.05, 4.69) is 46.1 Å². The topological polar surface area (TPSA) is 53.0 Å². The molecule has 2 heterocycles. The van der Waals surface area contributed by atoms with Crippen LogP contribution >= 0.6 is 11.3 Å². The largest absolute Gasteiger partial charge is 0.495 e. The molecular weight excluding hydrogens is 358 g/mol. The molecule has 27 heavy (non-hydrogen) atoms. The number of methoxy groups -OCH3 is 1. The van der Waals surface area contributed by atoms with Crippen molar-refractivity contribution < 1.29 is 4.74 Å². The van der Waals surface area contributed by atoms with Gasteiger partial charge in [-0.1, -0.05) is 12.1 Å². The van der Waals surface area contributed by atoms with Crippen LogP contribution in [-0.4, -0.2) is 55.7 Å². The van der Waals surface area contributed by atoms with Crippen molar-refractivity contribution in [1.82, 2.24) is 15.2 Å². The van der Waals surface area contributed by atoms with Gasteiger partial charge in [-0.15, -0.1) is 11.3 Å². The molecule has 2 aromatic rings. The fourth-order valence-corrected chi connectivity index (χ4v) is 4.20. The minimum Gasteiger partial charge on any atom is -0.495 e. The van der Waals surface area contributed by atoms with E-state index in [1.807, 2.05) is 19.1 Å². The van der Waals surface area contributed by atoms with Gasteiger partial charge in [0.1, 0.15) is 5.75 Å². The monoisotopic (exact) mass is 387 g/mol. The van der Waals surface area contributed by atoms with Crippen molar-refractivity contribution >= 4 is 23.0 Å². The lowest BCUT2D eigenvalue weighted by atomic mass is 10.2. The van der Waals surface area contributed by atoms with E-state index in [1.54, 1.807) is 18.4 Å². The van der Waals surface area contributed by atoms with Crippen molar-refractivity contribution in [3.05, 3.63) is 39.8 Å². The molecule has 1 aromatic heterocycles. The molecule has 0 amide bonds. The van der Waals surface area contributed by atoms with Crippen LogP contribution in [0.25, 0.3) is 0 Å². The van der Waals surface area contributed by atoms with Crippen LogP contribution in [0, 0.1) is 13.8 Å². The van der Waals surface area contributed by atoms with Crippen LogP contribution < -0.4 is 15.0 Å². The number of hydrogen-bond donors (Lipinski definition) is 1. The first-order valence-corrected chi connectivity index (χ1v) is 10.3. The van der Waals surface area contributed by atoms with Crippen molar-refractivity contribution in [2.75, 3.05) is 44.7 Å². The van der Waals surface area contributed by atoms with Gasteiger partial charge >= 0.3 is 0 Å². The number of para-hydroxylation sites is 2. The molecule has 0 spiro atoms. The minimum absolute atomic E-state index is 0.687. The predicted octanol–water partition coefficient (Wildman–Crippen LogP) is 3.06. The molecule has 1 saturated heterocycles. The van der Waals surface area contributed by atoms with Gasteiger partial charge in [0.2, 0.25) is 0 Å². The molecular formula is C20H29N5OS. The van der Waals surface area contributed by atoms with Crippen LogP contribution in [0.2, 0.25) is 0 Å². The molecule has 1 aliphatic heterocycles. The summed E-state index contributed by atoms with van der Waals surface area (Å²) in [6.45, 7) is 11.5. The lowest BCUT2D eigenvalue weighted by Crippen LogP contribution is -2.52. The SMILES string of the molecule is CCNC(=NCc1sc(C)nc1C)N1CCN(c2ccccc2OC)CC1. The second-order valence-electron chi connectivity index (χ2n) is 6.56. The average Bonchev–Trinajstić information content (AvgIpc) is 3.02. The highest BCUT2D eigenvalue weighted by atomic mass is 32.1. The number of guanidine groups is 1. The third kappa shape index (κ3) is 4.71. The van der Waals surface area contributed by atoms with E-state index >= 15 is 0 Å². The molecule has 0 unspecified atom stereocenters. The van der Waals surface area contributed by atoms with Gasteiger partial charge in [-0.05, 0) is 32.9 Å². The van der Waals surface area contributed by atoms with Gasteiger partial charge in [-0.2, -0.15) is 0 Å². The van der Waals surface area contributed by atoms with Crippen LogP contribution in [0.1, 0.15) is 22.5 Å². The van der Waals surface area contributed by atoms with E-state index in [-0.39, 0.29) is 0 Å². The molecule has 1 aromatic carbocycles. The number of ether oxygens (including phenoxy) is 1. The standard InChI is InChI=1S/C20H29N5OS/c1-5-21-20(22-14-19-15(2)23-16(3)27-19)25-12-10-24(11-13-25)17-8-6-7-9-18(17)26-4/h6-9H,5,10-14H2,1-4H3,(H,21,22). The molecule has 1 fully saturated rings. The number of benzene rings is 1. The molecule has 0 aliphatic carbocycles. The summed E-state index contributed by atoms with van der Waals surface area (Å²) in [7, 11) is 1.73. The lowest BCUT2D eigenvalue weighted by Gasteiger charge is -2.38. The van der Waals surface area contributed by atoms with Gasteiger partial charge < -0.3 is 19.9 Å². The first kappa shape index (κ1) is 19.5. The first-order valence-electron chi connectivity index (χ1n) is 9.46. The van der Waals surface area contributed by atoms with Crippen LogP contribution in [0.15, 0.2) is 29.3 Å². The van der Waals surface area contributed by atoms with E-state index in [9.17, 15) is 0 Å². The van der Waals surface area contributed by atoms with Gasteiger partial charge in [-0.3, -0.25) is 0 Å². The molecule has 0 saturated carbocycles. The van der Waals surface area contributed by atoms with E-state index in [0.29, 0.717) is 6.54 Å². The smallest absolute Gasteiger partial charge is 0.194 e. The van der Waals surface area contributed by atoms with Crippen molar-refractivity contribution in [3.8, 4) is 5.75 Å². The zero-order valence-corrected chi connectivity index (χ0v) is 17.5. The number of rotatable bonds is 5. The highest BCUT2D eigenvalue weighted by molar-refractivity contribution is 7.11. The fourth-order valence-electron chi connectivity index (χ4n) is 3.34. The van der Waals surface area contributed by atoms with Gasteiger partial charge in [-0.25, -0.2) is 9.98 Å². The van der Waals surface area contributed by atoms with Crippen molar-refractivity contribution in [2.24, 2.45) is 4.99 Å². The summed E-state index contributed by atoms with van der Waals surface area (Å²) in [6.07, 6.45) is 0. The maximum Gasteiger partial charge on any atom is 0.194 e. The molecule has 1 N–H and O–H groups in total. The average molecular weight is 388 g/mol. The Bertz CT molecular complexity index is 780. The van der Waals surface area contributed by atoms with Crippen molar-refractivity contribution in [3.63, 3.8) is 0 Å². The van der Waals surface area contributed by atoms with Crippen LogP contribution in [-0.2, 0) is 6.54 Å². The number of nitrogens with zero attached hydrogens (tertiary/aromatic N) is 4. The summed E-state index contributed by atoms with van der Waals surface area (Å²) in [5.74, 6) is 1.92. The lowest BCUT2D eigenvalue weighted by molar-refractivity contribution is 0.367. The van der Waals surface area contributed by atoms with Gasteiger partial charge in [0.25, 0.3) is 0 Å². The quantitative estimate of drug-likeness (QED) is 0.631. The summed E-state index contributed by atoms with van der Waals surface area (Å²) >= 11 is 1.74. The maximum atomic E-state index is 5.52. The van der Waals surface area contributed by atoms with Crippen LogP contribution in [0.5, 0.6) is 5.75 Å². The number of anilines is 1. The van der Waals surface area contributed by atoms with E-state index in [0.717, 1.165) is 60.8 Å². The summed E-state index contributed by atoms with van der Waals surface area (Å²) < 4.78 is 5.52. The second kappa shape index (κ2) is 9.08. The minimum atomic E-state index is 0.687. The highest BCUT2D eigenvalue weighted by Crippen LogP contribution is 2.28. The Hall–Kier alpha value is -2.28. The third-order valence-electron chi connectivity index (χ3n) is 4.71. The zero-order valence-electron chi connectivity index (χ0n) is 16.7. The maximum absolute atomic E-state index is 5.52. The van der Waals surface area contributed by atoms with E-state index in [1.165, 1.54) is 4.88 Å². The number of piperazine rings is 1. The number of aliphatic imine (C=N–C) groups is 1. The van der Waals surface area contributed by atoms with Crippen molar-refractivity contribution in [1.29, 1.82) is 0 Å². The fraction of sp³-hybridized carbons (Fsp3) is 0.500. The van der Waals surface area contributed by atoms with E-state index < -0.39 is 0 Å². The summed E-state index contributed by atoms with van der Waals surface area (Å²) in [5.41, 5.74) is 2.26. The Morgan fingerprint density at radius 1 is 1.22 bits per heavy atom. The molecule has 146 valence electrons. The molecule has 6 nitrogen and oxygen atoms in total. The number of aromatic nitrogens is 1. The zero-order chi connectivity index (χ0) is 19.2. The number of nitrogens with one attached hydrogen (secondary N) is 1. The van der Waals surface area contributed by atoms with Crippen LogP contribution in [0.3, 0.4) is 0 Å². The predicted molar refractivity (Wildman–Crippen MR) is 113 cm³/mol. The summed E-state index contributed by atoms with van der Waals surface area (Å²) in [4.78, 5) is 15.4. The Morgan fingerprint density at radius 2 is 1.96 bits per heavy atom. The van der Waals surface area contributed by atoms with Gasteiger partial charge in [0.15, 0.2) is 5.96 Å². The number of aryl methyl sites for hydroxylation is 2. The Kier molecular flexibility index (Phi) is 6.55. The summed E-state index contributed by atoms with van der Waals surface area (Å²) in [6, 6.07) is 8.22. The number of thiazole rings is 1. The molecule has 0 radical (unpaired) electrons. The summed E-state index contributed by atoms with van der Waals surface area (Å²) in [5, 5.41) is 4.55. The van der Waals surface area contributed by atoms with Gasteiger partial charge in [0, 0.05) is 37.6 Å². The second-order valence-corrected chi connectivity index (χ2v) is 7.85. The van der Waals surface area contributed by atoms with Gasteiger partial charge in [0.05, 0.1) is 30.0 Å². The molecule has 3 rings (SSSR count). The number of hydrogen-bond acceptors (Lipinski definition) is 5. The molecule has 0 atom stereocenters.